The third-order valence-electron chi connectivity index (χ3n) is 4.10. The van der Waals surface area contributed by atoms with Gasteiger partial charge in [0.05, 0.1) is 18.2 Å². The smallest absolute Gasteiger partial charge is 0.170 e. The van der Waals surface area contributed by atoms with Crippen LogP contribution in [-0.2, 0) is 0 Å². The number of nitrogens with one attached hydrogen (secondary N) is 1. The van der Waals surface area contributed by atoms with E-state index in [2.05, 4.69) is 24.1 Å². The number of hydrogen-bond acceptors (Lipinski definition) is 4. The van der Waals surface area contributed by atoms with Crippen LogP contribution in [0.4, 0.5) is 0 Å². The van der Waals surface area contributed by atoms with Crippen molar-refractivity contribution in [3.8, 4) is 5.75 Å². The van der Waals surface area contributed by atoms with Crippen molar-refractivity contribution in [3.63, 3.8) is 0 Å². The molecule has 0 aliphatic carbocycles. The molecule has 0 aromatic carbocycles. The zero-order chi connectivity index (χ0) is 13.5. The Kier molecular flexibility index (Phi) is 6.02. The van der Waals surface area contributed by atoms with Gasteiger partial charge < -0.3 is 10.1 Å². The molecule has 2 aliphatic rings. The number of rotatable bonds is 1. The van der Waals surface area contributed by atoms with Gasteiger partial charge in [-0.15, -0.1) is 24.8 Å². The van der Waals surface area contributed by atoms with E-state index >= 15 is 0 Å². The molecule has 3 heterocycles. The summed E-state index contributed by atoms with van der Waals surface area (Å²) >= 11 is 0. The summed E-state index contributed by atoms with van der Waals surface area (Å²) in [6.07, 6.45) is 4.02. The average molecular weight is 333 g/mol. The van der Waals surface area contributed by atoms with E-state index in [1.165, 1.54) is 0 Å². The Morgan fingerprint density at radius 2 is 1.95 bits per heavy atom. The molecule has 0 unspecified atom stereocenters. The van der Waals surface area contributed by atoms with Crippen LogP contribution in [0.5, 0.6) is 5.75 Å². The number of halogens is 2. The molecule has 2 aliphatic heterocycles. The number of piperidine rings is 1. The van der Waals surface area contributed by atoms with Crippen molar-refractivity contribution in [2.45, 2.75) is 44.6 Å². The first-order chi connectivity index (χ1) is 9.10. The fourth-order valence-electron chi connectivity index (χ4n) is 2.89. The molecule has 1 spiro atoms. The van der Waals surface area contributed by atoms with Gasteiger partial charge in [0, 0.05) is 18.5 Å². The summed E-state index contributed by atoms with van der Waals surface area (Å²) in [5.41, 5.74) is 1.37. The van der Waals surface area contributed by atoms with Crippen molar-refractivity contribution in [2.24, 2.45) is 0 Å². The second-order valence-corrected chi connectivity index (χ2v) is 5.90. The number of carbonyl (C=O) groups is 1. The van der Waals surface area contributed by atoms with E-state index in [0.29, 0.717) is 23.7 Å². The summed E-state index contributed by atoms with van der Waals surface area (Å²) in [5.74, 6) is 1.20. The zero-order valence-electron chi connectivity index (χ0n) is 12.3. The Morgan fingerprint density at radius 1 is 1.29 bits per heavy atom. The Balaban J connectivity index is 0.00000110. The predicted octanol–water partition coefficient (Wildman–Crippen LogP) is 3.14. The summed E-state index contributed by atoms with van der Waals surface area (Å²) in [4.78, 5) is 16.8. The van der Waals surface area contributed by atoms with Gasteiger partial charge in [-0.1, -0.05) is 13.8 Å². The SMILES string of the molecule is CC(C)c1cc2c(cn1)OC1(CCNCC1)CC2=O.Cl.Cl. The molecule has 0 atom stereocenters. The molecular weight excluding hydrogens is 311 g/mol. The molecule has 0 bridgehead atoms. The number of ether oxygens (including phenoxy) is 1. The van der Waals surface area contributed by atoms with Crippen LogP contribution in [-0.4, -0.2) is 29.5 Å². The number of hydrogen-bond donors (Lipinski definition) is 1. The summed E-state index contributed by atoms with van der Waals surface area (Å²) in [6, 6.07) is 1.90. The Labute approximate surface area is 137 Å². The van der Waals surface area contributed by atoms with Gasteiger partial charge in [-0.2, -0.15) is 0 Å². The number of pyridine rings is 1. The van der Waals surface area contributed by atoms with Crippen molar-refractivity contribution < 1.29 is 9.53 Å². The van der Waals surface area contributed by atoms with Crippen LogP contribution < -0.4 is 10.1 Å². The highest BCUT2D eigenvalue weighted by atomic mass is 35.5. The average Bonchev–Trinajstić information content (AvgIpc) is 2.39. The summed E-state index contributed by atoms with van der Waals surface area (Å²) in [7, 11) is 0. The van der Waals surface area contributed by atoms with Gasteiger partial charge in [0.25, 0.3) is 0 Å². The van der Waals surface area contributed by atoms with Crippen LogP contribution in [0.2, 0.25) is 0 Å². The Morgan fingerprint density at radius 3 is 2.57 bits per heavy atom. The van der Waals surface area contributed by atoms with Gasteiger partial charge in [0.15, 0.2) is 5.78 Å². The van der Waals surface area contributed by atoms with Gasteiger partial charge >= 0.3 is 0 Å². The predicted molar refractivity (Wildman–Crippen MR) is 87.2 cm³/mol. The minimum absolute atomic E-state index is 0. The molecule has 21 heavy (non-hydrogen) atoms. The maximum Gasteiger partial charge on any atom is 0.170 e. The van der Waals surface area contributed by atoms with Gasteiger partial charge in [0.1, 0.15) is 11.4 Å². The van der Waals surface area contributed by atoms with E-state index in [9.17, 15) is 4.79 Å². The maximum atomic E-state index is 12.4. The molecular formula is C15H22Cl2N2O2. The second kappa shape index (κ2) is 6.95. The quantitative estimate of drug-likeness (QED) is 0.858. The topological polar surface area (TPSA) is 51.2 Å². The van der Waals surface area contributed by atoms with Crippen LogP contribution in [0.25, 0.3) is 0 Å². The summed E-state index contributed by atoms with van der Waals surface area (Å²) < 4.78 is 6.14. The number of fused-ring (bicyclic) bond motifs is 1. The van der Waals surface area contributed by atoms with Crippen molar-refractivity contribution in [2.75, 3.05) is 13.1 Å². The first-order valence-electron chi connectivity index (χ1n) is 7.02. The van der Waals surface area contributed by atoms with Crippen LogP contribution in [0, 0.1) is 0 Å². The minimum atomic E-state index is -0.295. The summed E-state index contributed by atoms with van der Waals surface area (Å²) in [6.45, 7) is 5.99. The Hall–Kier alpha value is -0.840. The molecule has 0 saturated carbocycles. The van der Waals surface area contributed by atoms with Crippen LogP contribution >= 0.6 is 24.8 Å². The number of ketones is 1. The first-order valence-corrected chi connectivity index (χ1v) is 7.02. The van der Waals surface area contributed by atoms with Crippen molar-refractivity contribution in [1.29, 1.82) is 0 Å². The Bertz CT molecular complexity index is 514. The standard InChI is InChI=1S/C15H20N2O2.2ClH/c1-10(2)12-7-11-13(18)8-15(3-5-16-6-4-15)19-14(11)9-17-12;;/h7,9-10,16H,3-6,8H2,1-2H3;2*1H. The van der Waals surface area contributed by atoms with Gasteiger partial charge in [-0.3, -0.25) is 9.78 Å². The van der Waals surface area contributed by atoms with Crippen molar-refractivity contribution >= 4 is 30.6 Å². The monoisotopic (exact) mass is 332 g/mol. The van der Waals surface area contributed by atoms with Crippen molar-refractivity contribution in [3.05, 3.63) is 23.5 Å². The fourth-order valence-corrected chi connectivity index (χ4v) is 2.89. The molecule has 3 rings (SSSR count). The summed E-state index contributed by atoms with van der Waals surface area (Å²) in [5, 5.41) is 3.31. The molecule has 6 heteroatoms. The fraction of sp³-hybridized carbons (Fsp3) is 0.600. The number of aromatic nitrogens is 1. The highest BCUT2D eigenvalue weighted by Crippen LogP contribution is 2.38. The van der Waals surface area contributed by atoms with Crippen LogP contribution in [0.3, 0.4) is 0 Å². The highest BCUT2D eigenvalue weighted by Gasteiger charge is 2.41. The first kappa shape index (κ1) is 18.2. The number of carbonyl (C=O) groups excluding carboxylic acids is 1. The lowest BCUT2D eigenvalue weighted by atomic mass is 9.83. The molecule has 1 fully saturated rings. The molecule has 1 aromatic heterocycles. The highest BCUT2D eigenvalue weighted by molar-refractivity contribution is 6.00. The zero-order valence-corrected chi connectivity index (χ0v) is 14.0. The molecule has 1 aromatic rings. The molecule has 1 N–H and O–H groups in total. The normalized spacial score (nSPS) is 19.3. The van der Waals surface area contributed by atoms with E-state index in [1.807, 2.05) is 6.07 Å². The van der Waals surface area contributed by atoms with Crippen LogP contribution in [0.15, 0.2) is 12.3 Å². The molecule has 4 nitrogen and oxygen atoms in total. The van der Waals surface area contributed by atoms with Gasteiger partial charge in [0.2, 0.25) is 0 Å². The molecule has 0 radical (unpaired) electrons. The van der Waals surface area contributed by atoms with Crippen molar-refractivity contribution in [1.82, 2.24) is 10.3 Å². The maximum absolute atomic E-state index is 12.4. The number of nitrogens with zero attached hydrogens (tertiary/aromatic N) is 1. The lowest BCUT2D eigenvalue weighted by Crippen LogP contribution is -2.49. The lowest BCUT2D eigenvalue weighted by Gasteiger charge is -2.40. The molecule has 0 amide bonds. The second-order valence-electron chi connectivity index (χ2n) is 5.90. The lowest BCUT2D eigenvalue weighted by molar-refractivity contribution is 0.0183. The number of Topliss-reactive ketones (excluding diaryl/α,β-unsaturated/α-hetero) is 1. The van der Waals surface area contributed by atoms with E-state index in [4.69, 9.17) is 4.74 Å². The van der Waals surface area contributed by atoms with Gasteiger partial charge in [-0.25, -0.2) is 0 Å². The van der Waals surface area contributed by atoms with E-state index in [-0.39, 0.29) is 36.2 Å². The molecule has 118 valence electrons. The van der Waals surface area contributed by atoms with E-state index < -0.39 is 0 Å². The third kappa shape index (κ3) is 3.50. The van der Waals surface area contributed by atoms with Crippen LogP contribution in [0.1, 0.15) is 55.1 Å². The molecule has 1 saturated heterocycles. The van der Waals surface area contributed by atoms with E-state index in [1.54, 1.807) is 6.20 Å². The van der Waals surface area contributed by atoms with Gasteiger partial charge in [-0.05, 0) is 25.1 Å². The largest absolute Gasteiger partial charge is 0.484 e. The van der Waals surface area contributed by atoms with E-state index in [0.717, 1.165) is 31.6 Å². The minimum Gasteiger partial charge on any atom is -0.484 e. The third-order valence-corrected chi connectivity index (χ3v) is 4.10.